The smallest absolute Gasteiger partial charge is 0.0970 e. The van der Waals surface area contributed by atoms with E-state index in [2.05, 4.69) is 47.4 Å². The molecule has 4 heteroatoms. The molecule has 1 fully saturated rings. The van der Waals surface area contributed by atoms with E-state index in [0.717, 1.165) is 18.5 Å². The van der Waals surface area contributed by atoms with E-state index in [1.165, 1.54) is 52.7 Å². The molecular weight excluding hydrogens is 346 g/mol. The molecule has 0 saturated carbocycles. The van der Waals surface area contributed by atoms with E-state index in [-0.39, 0.29) is 5.54 Å². The SMILES string of the molecule is Cc1cc(C)c2c(c1)c1c(n2CC(O)c2ccncc2)CCN2CCCC12C. The number of pyridine rings is 1. The third kappa shape index (κ3) is 2.55. The van der Waals surface area contributed by atoms with E-state index in [0.29, 0.717) is 6.54 Å². The van der Waals surface area contributed by atoms with Gasteiger partial charge in [0, 0.05) is 47.5 Å². The molecule has 28 heavy (non-hydrogen) atoms. The topological polar surface area (TPSA) is 41.3 Å². The van der Waals surface area contributed by atoms with Crippen LogP contribution >= 0.6 is 0 Å². The van der Waals surface area contributed by atoms with Crippen molar-refractivity contribution in [3.05, 3.63) is 64.6 Å². The van der Waals surface area contributed by atoms with Gasteiger partial charge in [0.15, 0.2) is 0 Å². The Morgan fingerprint density at radius 2 is 1.96 bits per heavy atom. The van der Waals surface area contributed by atoms with E-state index in [1.54, 1.807) is 12.4 Å². The molecule has 0 bridgehead atoms. The first kappa shape index (κ1) is 17.9. The number of nitrogens with zero attached hydrogens (tertiary/aromatic N) is 3. The van der Waals surface area contributed by atoms with Crippen molar-refractivity contribution >= 4 is 10.9 Å². The molecule has 0 radical (unpaired) electrons. The predicted octanol–water partition coefficient (Wildman–Crippen LogP) is 4.25. The molecule has 4 heterocycles. The fourth-order valence-corrected chi connectivity index (χ4v) is 5.76. The number of hydrogen-bond acceptors (Lipinski definition) is 3. The van der Waals surface area contributed by atoms with Gasteiger partial charge < -0.3 is 9.67 Å². The van der Waals surface area contributed by atoms with Gasteiger partial charge >= 0.3 is 0 Å². The van der Waals surface area contributed by atoms with Gasteiger partial charge in [-0.3, -0.25) is 9.88 Å². The van der Waals surface area contributed by atoms with Crippen molar-refractivity contribution in [2.45, 2.75) is 58.2 Å². The summed E-state index contributed by atoms with van der Waals surface area (Å²) in [5.74, 6) is 0. The van der Waals surface area contributed by atoms with Gasteiger partial charge in [-0.05, 0) is 69.5 Å². The van der Waals surface area contributed by atoms with Crippen LogP contribution in [0.2, 0.25) is 0 Å². The molecule has 0 spiro atoms. The fourth-order valence-electron chi connectivity index (χ4n) is 5.76. The summed E-state index contributed by atoms with van der Waals surface area (Å²) in [6.07, 6.45) is 6.53. The molecule has 4 nitrogen and oxygen atoms in total. The highest BCUT2D eigenvalue weighted by atomic mass is 16.3. The van der Waals surface area contributed by atoms with Gasteiger partial charge in [-0.1, -0.05) is 11.6 Å². The van der Waals surface area contributed by atoms with Crippen molar-refractivity contribution < 1.29 is 5.11 Å². The highest BCUT2D eigenvalue weighted by Crippen LogP contribution is 2.48. The van der Waals surface area contributed by atoms with E-state index in [4.69, 9.17) is 0 Å². The molecule has 1 aromatic carbocycles. The maximum atomic E-state index is 11.0. The highest BCUT2D eigenvalue weighted by molar-refractivity contribution is 5.90. The molecule has 2 aromatic heterocycles. The number of fused-ring (bicyclic) bond motifs is 5. The maximum Gasteiger partial charge on any atom is 0.0970 e. The van der Waals surface area contributed by atoms with Crippen LogP contribution in [0.4, 0.5) is 0 Å². The summed E-state index contributed by atoms with van der Waals surface area (Å²) < 4.78 is 2.42. The lowest BCUT2D eigenvalue weighted by Gasteiger charge is -2.40. The van der Waals surface area contributed by atoms with Gasteiger partial charge in [0.2, 0.25) is 0 Å². The van der Waals surface area contributed by atoms with Gasteiger partial charge in [0.1, 0.15) is 0 Å². The van der Waals surface area contributed by atoms with E-state index >= 15 is 0 Å². The molecular formula is C24H29N3O. The molecule has 0 amide bonds. The Hall–Kier alpha value is -2.17. The van der Waals surface area contributed by atoms with E-state index in [9.17, 15) is 5.11 Å². The highest BCUT2D eigenvalue weighted by Gasteiger charge is 2.45. The van der Waals surface area contributed by atoms with Gasteiger partial charge in [0.25, 0.3) is 0 Å². The Labute approximate surface area is 166 Å². The average Bonchev–Trinajstić information content (AvgIpc) is 3.21. The molecule has 3 aromatic rings. The summed E-state index contributed by atoms with van der Waals surface area (Å²) >= 11 is 0. The number of rotatable bonds is 3. The Kier molecular flexibility index (Phi) is 4.11. The molecule has 1 saturated heterocycles. The second kappa shape index (κ2) is 6.43. The second-order valence-corrected chi connectivity index (χ2v) is 8.82. The first-order valence-corrected chi connectivity index (χ1v) is 10.4. The molecule has 2 aliphatic rings. The van der Waals surface area contributed by atoms with Crippen molar-refractivity contribution in [2.75, 3.05) is 13.1 Å². The Morgan fingerprint density at radius 3 is 2.75 bits per heavy atom. The minimum absolute atomic E-state index is 0.124. The van der Waals surface area contributed by atoms with Crippen LogP contribution in [0.1, 0.15) is 53.8 Å². The van der Waals surface area contributed by atoms with Crippen molar-refractivity contribution in [1.82, 2.24) is 14.5 Å². The Morgan fingerprint density at radius 1 is 1.18 bits per heavy atom. The summed E-state index contributed by atoms with van der Waals surface area (Å²) in [5, 5.41) is 12.4. The van der Waals surface area contributed by atoms with Gasteiger partial charge in [0.05, 0.1) is 18.2 Å². The second-order valence-electron chi connectivity index (χ2n) is 8.82. The standard InChI is InChI=1S/C24H29N3O/c1-16-13-17(2)23-19(14-16)22-20(7-12-26-11-4-8-24(22,26)3)27(23)15-21(28)18-5-9-25-10-6-18/h5-6,9-10,13-14,21,28H,4,7-8,11-12,15H2,1-3H3. The monoisotopic (exact) mass is 375 g/mol. The molecule has 0 aliphatic carbocycles. The zero-order valence-corrected chi connectivity index (χ0v) is 17.1. The van der Waals surface area contributed by atoms with E-state index in [1.807, 2.05) is 12.1 Å². The molecule has 2 aliphatic heterocycles. The van der Waals surface area contributed by atoms with Crippen molar-refractivity contribution in [2.24, 2.45) is 0 Å². The maximum absolute atomic E-state index is 11.0. The van der Waals surface area contributed by atoms with Crippen LogP contribution in [0.15, 0.2) is 36.7 Å². The Balaban J connectivity index is 1.72. The van der Waals surface area contributed by atoms with Crippen LogP contribution in [0.3, 0.4) is 0 Å². The summed E-state index contributed by atoms with van der Waals surface area (Å²) in [6, 6.07) is 8.47. The number of aryl methyl sites for hydroxylation is 2. The third-order valence-electron chi connectivity index (χ3n) is 6.99. The molecule has 5 rings (SSSR count). The summed E-state index contributed by atoms with van der Waals surface area (Å²) in [5.41, 5.74) is 7.92. The van der Waals surface area contributed by atoms with Crippen LogP contribution in [0, 0.1) is 13.8 Å². The van der Waals surface area contributed by atoms with Gasteiger partial charge in [-0.15, -0.1) is 0 Å². The average molecular weight is 376 g/mol. The zero-order valence-electron chi connectivity index (χ0n) is 17.1. The molecule has 1 N–H and O–H groups in total. The normalized spacial score (nSPS) is 23.0. The number of aliphatic hydroxyl groups excluding tert-OH is 1. The van der Waals surface area contributed by atoms with Crippen LogP contribution in [0.5, 0.6) is 0 Å². The quantitative estimate of drug-likeness (QED) is 0.744. The fraction of sp³-hybridized carbons (Fsp3) is 0.458. The molecule has 2 unspecified atom stereocenters. The predicted molar refractivity (Wildman–Crippen MR) is 112 cm³/mol. The minimum Gasteiger partial charge on any atom is -0.387 e. The number of aromatic nitrogens is 2. The van der Waals surface area contributed by atoms with Crippen LogP contribution < -0.4 is 0 Å². The largest absolute Gasteiger partial charge is 0.387 e. The number of aliphatic hydroxyl groups is 1. The van der Waals surface area contributed by atoms with Gasteiger partial charge in [-0.25, -0.2) is 0 Å². The number of hydrogen-bond donors (Lipinski definition) is 1. The molecule has 146 valence electrons. The Bertz CT molecular complexity index is 1040. The van der Waals surface area contributed by atoms with Gasteiger partial charge in [-0.2, -0.15) is 0 Å². The van der Waals surface area contributed by atoms with Crippen molar-refractivity contribution in [3.63, 3.8) is 0 Å². The minimum atomic E-state index is -0.530. The van der Waals surface area contributed by atoms with Crippen molar-refractivity contribution in [1.29, 1.82) is 0 Å². The third-order valence-corrected chi connectivity index (χ3v) is 6.99. The summed E-state index contributed by atoms with van der Waals surface area (Å²) in [6.45, 7) is 9.75. The zero-order chi connectivity index (χ0) is 19.5. The lowest BCUT2D eigenvalue weighted by molar-refractivity contribution is 0.135. The first-order chi connectivity index (χ1) is 13.5. The lowest BCUT2D eigenvalue weighted by Crippen LogP contribution is -2.44. The summed E-state index contributed by atoms with van der Waals surface area (Å²) in [4.78, 5) is 6.77. The van der Waals surface area contributed by atoms with Crippen LogP contribution in [0.25, 0.3) is 10.9 Å². The molecule has 2 atom stereocenters. The summed E-state index contributed by atoms with van der Waals surface area (Å²) in [7, 11) is 0. The lowest BCUT2D eigenvalue weighted by atomic mass is 9.83. The van der Waals surface area contributed by atoms with Crippen LogP contribution in [-0.2, 0) is 18.5 Å². The van der Waals surface area contributed by atoms with E-state index < -0.39 is 6.10 Å². The first-order valence-electron chi connectivity index (χ1n) is 10.4. The van der Waals surface area contributed by atoms with Crippen LogP contribution in [-0.4, -0.2) is 32.6 Å². The van der Waals surface area contributed by atoms with Crippen molar-refractivity contribution in [3.8, 4) is 0 Å². The number of benzene rings is 1.